The molecule has 26 heavy (non-hydrogen) atoms. The average Bonchev–Trinajstić information content (AvgIpc) is 3.24. The fourth-order valence-electron chi connectivity index (χ4n) is 3.30. The van der Waals surface area contributed by atoms with Gasteiger partial charge in [-0.25, -0.2) is 4.68 Å². The van der Waals surface area contributed by atoms with E-state index in [0.717, 1.165) is 42.6 Å². The SMILES string of the molecule is COC(=O)CCCCNC(=O)c1nn(-c2ccc(C)cc2)c2c1CCC2. The van der Waals surface area contributed by atoms with Crippen molar-refractivity contribution in [2.24, 2.45) is 0 Å². The Morgan fingerprint density at radius 1 is 1.19 bits per heavy atom. The summed E-state index contributed by atoms with van der Waals surface area (Å²) in [6.07, 6.45) is 4.71. The maximum atomic E-state index is 12.6. The number of nitrogens with zero attached hydrogens (tertiary/aromatic N) is 2. The van der Waals surface area contributed by atoms with Crippen LogP contribution in [0.3, 0.4) is 0 Å². The molecule has 1 aromatic carbocycles. The molecule has 1 amide bonds. The Kier molecular flexibility index (Phi) is 5.71. The summed E-state index contributed by atoms with van der Waals surface area (Å²) in [6, 6.07) is 8.18. The van der Waals surface area contributed by atoms with Gasteiger partial charge in [0.15, 0.2) is 5.69 Å². The molecule has 0 saturated carbocycles. The number of methoxy groups -OCH3 is 1. The zero-order valence-electron chi connectivity index (χ0n) is 15.4. The third kappa shape index (κ3) is 3.95. The Hall–Kier alpha value is -2.63. The number of ether oxygens (including phenoxy) is 1. The van der Waals surface area contributed by atoms with Crippen LogP contribution in [0.5, 0.6) is 0 Å². The highest BCUT2D eigenvalue weighted by atomic mass is 16.5. The molecule has 0 unspecified atom stereocenters. The van der Waals surface area contributed by atoms with Gasteiger partial charge in [0.25, 0.3) is 5.91 Å². The van der Waals surface area contributed by atoms with E-state index in [1.165, 1.54) is 12.7 Å². The molecule has 0 aliphatic heterocycles. The molecule has 1 N–H and O–H groups in total. The summed E-state index contributed by atoms with van der Waals surface area (Å²) >= 11 is 0. The number of carbonyl (C=O) groups excluding carboxylic acids is 2. The number of rotatable bonds is 7. The number of esters is 1. The van der Waals surface area contributed by atoms with Crippen LogP contribution in [-0.2, 0) is 22.4 Å². The molecule has 138 valence electrons. The Labute approximate surface area is 153 Å². The molecule has 1 heterocycles. The van der Waals surface area contributed by atoms with Crippen molar-refractivity contribution in [1.82, 2.24) is 15.1 Å². The lowest BCUT2D eigenvalue weighted by molar-refractivity contribution is -0.140. The number of benzene rings is 1. The first-order chi connectivity index (χ1) is 12.6. The summed E-state index contributed by atoms with van der Waals surface area (Å²) in [5, 5.41) is 7.53. The number of amides is 1. The first-order valence-corrected chi connectivity index (χ1v) is 9.13. The van der Waals surface area contributed by atoms with Gasteiger partial charge in [0.2, 0.25) is 0 Å². The van der Waals surface area contributed by atoms with Gasteiger partial charge in [-0.3, -0.25) is 9.59 Å². The van der Waals surface area contributed by atoms with E-state index in [9.17, 15) is 9.59 Å². The van der Waals surface area contributed by atoms with Crippen molar-refractivity contribution >= 4 is 11.9 Å². The van der Waals surface area contributed by atoms with Gasteiger partial charge < -0.3 is 10.1 Å². The molecule has 6 heteroatoms. The second kappa shape index (κ2) is 8.17. The molecule has 0 atom stereocenters. The number of hydrogen-bond acceptors (Lipinski definition) is 4. The number of aryl methyl sites for hydroxylation is 1. The molecule has 2 aromatic rings. The molecule has 1 aromatic heterocycles. The van der Waals surface area contributed by atoms with Gasteiger partial charge in [-0.2, -0.15) is 5.10 Å². The van der Waals surface area contributed by atoms with E-state index < -0.39 is 0 Å². The van der Waals surface area contributed by atoms with Crippen molar-refractivity contribution in [2.75, 3.05) is 13.7 Å². The molecule has 3 rings (SSSR count). The van der Waals surface area contributed by atoms with Crippen LogP contribution in [0.4, 0.5) is 0 Å². The minimum atomic E-state index is -0.217. The van der Waals surface area contributed by atoms with Gasteiger partial charge in [0.05, 0.1) is 12.8 Å². The summed E-state index contributed by atoms with van der Waals surface area (Å²) in [5.41, 5.74) is 4.93. The summed E-state index contributed by atoms with van der Waals surface area (Å²) in [5.74, 6) is -0.349. The number of unbranched alkanes of at least 4 members (excludes halogenated alkanes) is 1. The summed E-state index contributed by atoms with van der Waals surface area (Å²) in [7, 11) is 1.38. The summed E-state index contributed by atoms with van der Waals surface area (Å²) in [4.78, 5) is 23.7. The fourth-order valence-corrected chi connectivity index (χ4v) is 3.30. The smallest absolute Gasteiger partial charge is 0.305 e. The van der Waals surface area contributed by atoms with Crippen molar-refractivity contribution in [3.8, 4) is 5.69 Å². The number of aromatic nitrogens is 2. The maximum Gasteiger partial charge on any atom is 0.305 e. The van der Waals surface area contributed by atoms with Crippen LogP contribution in [0, 0.1) is 6.92 Å². The predicted octanol–water partition coefficient (Wildman–Crippen LogP) is 2.74. The highest BCUT2D eigenvalue weighted by molar-refractivity contribution is 5.94. The molecule has 0 spiro atoms. The largest absolute Gasteiger partial charge is 0.469 e. The zero-order chi connectivity index (χ0) is 18.5. The van der Waals surface area contributed by atoms with Gasteiger partial charge in [-0.15, -0.1) is 0 Å². The van der Waals surface area contributed by atoms with Crippen molar-refractivity contribution in [1.29, 1.82) is 0 Å². The number of hydrogen-bond donors (Lipinski definition) is 1. The van der Waals surface area contributed by atoms with Crippen LogP contribution < -0.4 is 5.32 Å². The van der Waals surface area contributed by atoms with Crippen LogP contribution in [-0.4, -0.2) is 35.3 Å². The van der Waals surface area contributed by atoms with Crippen LogP contribution >= 0.6 is 0 Å². The molecular formula is C20H25N3O3. The van der Waals surface area contributed by atoms with E-state index in [-0.39, 0.29) is 11.9 Å². The van der Waals surface area contributed by atoms with Crippen molar-refractivity contribution in [2.45, 2.75) is 45.4 Å². The van der Waals surface area contributed by atoms with Crippen LogP contribution in [0.2, 0.25) is 0 Å². The molecule has 0 bridgehead atoms. The fraction of sp³-hybridized carbons (Fsp3) is 0.450. The average molecular weight is 355 g/mol. The first kappa shape index (κ1) is 18.2. The topological polar surface area (TPSA) is 73.2 Å². The minimum Gasteiger partial charge on any atom is -0.469 e. The van der Waals surface area contributed by atoms with Crippen molar-refractivity contribution < 1.29 is 14.3 Å². The lowest BCUT2D eigenvalue weighted by Crippen LogP contribution is -2.26. The van der Waals surface area contributed by atoms with Crippen LogP contribution in [0.25, 0.3) is 5.69 Å². The maximum absolute atomic E-state index is 12.6. The highest BCUT2D eigenvalue weighted by Crippen LogP contribution is 2.27. The lowest BCUT2D eigenvalue weighted by atomic mass is 10.2. The monoisotopic (exact) mass is 355 g/mol. The Morgan fingerprint density at radius 3 is 2.69 bits per heavy atom. The van der Waals surface area contributed by atoms with E-state index in [0.29, 0.717) is 25.1 Å². The van der Waals surface area contributed by atoms with Crippen molar-refractivity contribution in [3.63, 3.8) is 0 Å². The number of fused-ring (bicyclic) bond motifs is 1. The molecule has 0 radical (unpaired) electrons. The third-order valence-corrected chi connectivity index (χ3v) is 4.74. The lowest BCUT2D eigenvalue weighted by Gasteiger charge is -2.06. The van der Waals surface area contributed by atoms with E-state index in [4.69, 9.17) is 0 Å². The Bertz CT molecular complexity index is 793. The predicted molar refractivity (Wildman–Crippen MR) is 98.5 cm³/mol. The number of nitrogens with one attached hydrogen (secondary N) is 1. The molecular weight excluding hydrogens is 330 g/mol. The highest BCUT2D eigenvalue weighted by Gasteiger charge is 2.26. The Morgan fingerprint density at radius 2 is 1.96 bits per heavy atom. The van der Waals surface area contributed by atoms with Gasteiger partial charge in [-0.05, 0) is 51.2 Å². The van der Waals surface area contributed by atoms with E-state index >= 15 is 0 Å². The molecule has 0 saturated heterocycles. The normalized spacial score (nSPS) is 12.7. The van der Waals surface area contributed by atoms with E-state index in [1.807, 2.05) is 16.8 Å². The minimum absolute atomic E-state index is 0.132. The van der Waals surface area contributed by atoms with E-state index in [1.54, 1.807) is 0 Å². The molecule has 1 aliphatic carbocycles. The zero-order valence-corrected chi connectivity index (χ0v) is 15.4. The van der Waals surface area contributed by atoms with Crippen molar-refractivity contribution in [3.05, 3.63) is 46.8 Å². The molecule has 6 nitrogen and oxygen atoms in total. The number of carbonyl (C=O) groups is 2. The van der Waals surface area contributed by atoms with Gasteiger partial charge in [0.1, 0.15) is 0 Å². The van der Waals surface area contributed by atoms with E-state index in [2.05, 4.69) is 34.2 Å². The quantitative estimate of drug-likeness (QED) is 0.612. The van der Waals surface area contributed by atoms with Crippen LogP contribution in [0.1, 0.15) is 53.0 Å². The summed E-state index contributed by atoms with van der Waals surface area (Å²) in [6.45, 7) is 2.58. The van der Waals surface area contributed by atoms with Crippen LogP contribution in [0.15, 0.2) is 24.3 Å². The summed E-state index contributed by atoms with van der Waals surface area (Å²) < 4.78 is 6.52. The Balaban J connectivity index is 1.66. The van der Waals surface area contributed by atoms with Gasteiger partial charge >= 0.3 is 5.97 Å². The van der Waals surface area contributed by atoms with Gasteiger partial charge in [0, 0.05) is 24.2 Å². The van der Waals surface area contributed by atoms with Gasteiger partial charge in [-0.1, -0.05) is 17.7 Å². The second-order valence-electron chi connectivity index (χ2n) is 6.66. The molecule has 0 fully saturated rings. The third-order valence-electron chi connectivity index (χ3n) is 4.74. The molecule has 1 aliphatic rings. The standard InChI is InChI=1S/C20H25N3O3/c1-14-9-11-15(12-10-14)23-17-7-5-6-16(17)19(22-23)20(25)21-13-4-3-8-18(24)26-2/h9-12H,3-8,13H2,1-2H3,(H,21,25). The second-order valence-corrected chi connectivity index (χ2v) is 6.66. The first-order valence-electron chi connectivity index (χ1n) is 9.13.